The minimum atomic E-state index is 0.632. The summed E-state index contributed by atoms with van der Waals surface area (Å²) in [6.07, 6.45) is 1.84. The van der Waals surface area contributed by atoms with Crippen LogP contribution in [0.15, 0.2) is 22.8 Å². The lowest BCUT2D eigenvalue weighted by molar-refractivity contribution is 0.439. The van der Waals surface area contributed by atoms with E-state index in [0.29, 0.717) is 5.92 Å². The van der Waals surface area contributed by atoms with E-state index in [9.17, 15) is 0 Å². The zero-order valence-corrected chi connectivity index (χ0v) is 7.63. The molecule has 0 radical (unpaired) electrons. The van der Waals surface area contributed by atoms with Gasteiger partial charge in [-0.25, -0.2) is 0 Å². The average molecular weight is 213 g/mol. The van der Waals surface area contributed by atoms with Crippen LogP contribution in [-0.4, -0.2) is 18.1 Å². The van der Waals surface area contributed by atoms with Crippen LogP contribution in [0.3, 0.4) is 0 Å². The lowest BCUT2D eigenvalue weighted by Crippen LogP contribution is -2.40. The highest BCUT2D eigenvalue weighted by atomic mass is 79.9. The highest BCUT2D eigenvalue weighted by Crippen LogP contribution is 2.20. The molecule has 2 heterocycles. The predicted molar refractivity (Wildman–Crippen MR) is 47.5 cm³/mol. The van der Waals surface area contributed by atoms with Gasteiger partial charge in [-0.1, -0.05) is 15.9 Å². The first kappa shape index (κ1) is 7.25. The Balaban J connectivity index is 2.23. The summed E-state index contributed by atoms with van der Waals surface area (Å²) in [5, 5.41) is 3.22. The molecule has 1 saturated heterocycles. The van der Waals surface area contributed by atoms with Gasteiger partial charge in [0.1, 0.15) is 0 Å². The van der Waals surface area contributed by atoms with Crippen molar-refractivity contribution < 1.29 is 0 Å². The lowest BCUT2D eigenvalue weighted by Gasteiger charge is -2.26. The van der Waals surface area contributed by atoms with Crippen molar-refractivity contribution in [2.45, 2.75) is 5.92 Å². The second kappa shape index (κ2) is 2.91. The molecule has 11 heavy (non-hydrogen) atoms. The second-order valence-corrected chi connectivity index (χ2v) is 3.67. The Morgan fingerprint density at radius 3 is 2.91 bits per heavy atom. The Morgan fingerprint density at radius 1 is 1.55 bits per heavy atom. The molecule has 2 nitrogen and oxygen atoms in total. The van der Waals surface area contributed by atoms with Crippen LogP contribution in [0, 0.1) is 0 Å². The van der Waals surface area contributed by atoms with E-state index >= 15 is 0 Å². The summed E-state index contributed by atoms with van der Waals surface area (Å²) in [6, 6.07) is 4.04. The number of hydrogen-bond acceptors (Lipinski definition) is 2. The minimum absolute atomic E-state index is 0.632. The number of rotatable bonds is 1. The van der Waals surface area contributed by atoms with Gasteiger partial charge in [0, 0.05) is 35.4 Å². The molecule has 1 aromatic heterocycles. The van der Waals surface area contributed by atoms with Crippen molar-refractivity contribution in [1.82, 2.24) is 10.3 Å². The quantitative estimate of drug-likeness (QED) is 0.765. The van der Waals surface area contributed by atoms with E-state index in [1.54, 1.807) is 0 Å². The maximum Gasteiger partial charge on any atom is 0.0471 e. The van der Waals surface area contributed by atoms with Crippen LogP contribution in [0.5, 0.6) is 0 Å². The van der Waals surface area contributed by atoms with Gasteiger partial charge in [0.15, 0.2) is 0 Å². The van der Waals surface area contributed by atoms with Crippen LogP contribution in [0.1, 0.15) is 11.6 Å². The first-order valence-corrected chi connectivity index (χ1v) is 4.48. The summed E-state index contributed by atoms with van der Waals surface area (Å²) in [7, 11) is 0. The molecule has 1 aliphatic rings. The SMILES string of the molecule is Brc1ccnc(C2CNC2)c1. The first-order valence-electron chi connectivity index (χ1n) is 3.68. The zero-order chi connectivity index (χ0) is 7.68. The molecule has 0 amide bonds. The summed E-state index contributed by atoms with van der Waals surface area (Å²) in [4.78, 5) is 4.29. The number of aromatic nitrogens is 1. The molecule has 1 aliphatic heterocycles. The molecule has 0 spiro atoms. The second-order valence-electron chi connectivity index (χ2n) is 2.75. The summed E-state index contributed by atoms with van der Waals surface area (Å²) in [6.45, 7) is 2.15. The molecular formula is C8H9BrN2. The van der Waals surface area contributed by atoms with E-state index in [0.717, 1.165) is 17.6 Å². The third-order valence-corrected chi connectivity index (χ3v) is 2.44. The maximum atomic E-state index is 4.29. The molecular weight excluding hydrogens is 204 g/mol. The standard InChI is InChI=1S/C8H9BrN2/c9-7-1-2-11-8(3-7)6-4-10-5-6/h1-3,6,10H,4-5H2. The smallest absolute Gasteiger partial charge is 0.0471 e. The number of nitrogens with one attached hydrogen (secondary N) is 1. The zero-order valence-electron chi connectivity index (χ0n) is 6.05. The summed E-state index contributed by atoms with van der Waals surface area (Å²) in [5.41, 5.74) is 1.19. The molecule has 58 valence electrons. The van der Waals surface area contributed by atoms with E-state index in [-0.39, 0.29) is 0 Å². The van der Waals surface area contributed by atoms with Crippen LogP contribution in [0.2, 0.25) is 0 Å². The van der Waals surface area contributed by atoms with Gasteiger partial charge in [-0.3, -0.25) is 4.98 Å². The van der Waals surface area contributed by atoms with Gasteiger partial charge in [0.25, 0.3) is 0 Å². The van der Waals surface area contributed by atoms with Crippen LogP contribution < -0.4 is 5.32 Å². The number of hydrogen-bond donors (Lipinski definition) is 1. The van der Waals surface area contributed by atoms with E-state index in [4.69, 9.17) is 0 Å². The Bertz CT molecular complexity index is 258. The summed E-state index contributed by atoms with van der Waals surface area (Å²) >= 11 is 3.42. The van der Waals surface area contributed by atoms with E-state index < -0.39 is 0 Å². The molecule has 2 rings (SSSR count). The molecule has 0 saturated carbocycles. The molecule has 0 bridgehead atoms. The number of pyridine rings is 1. The third-order valence-electron chi connectivity index (χ3n) is 1.94. The Hall–Kier alpha value is -0.410. The first-order chi connectivity index (χ1) is 5.36. The highest BCUT2D eigenvalue weighted by molar-refractivity contribution is 9.10. The van der Waals surface area contributed by atoms with Crippen LogP contribution in [0.4, 0.5) is 0 Å². The molecule has 1 fully saturated rings. The Kier molecular flexibility index (Phi) is 1.92. The van der Waals surface area contributed by atoms with Gasteiger partial charge < -0.3 is 5.32 Å². The lowest BCUT2D eigenvalue weighted by atomic mass is 9.99. The topological polar surface area (TPSA) is 24.9 Å². The molecule has 3 heteroatoms. The monoisotopic (exact) mass is 212 g/mol. The van der Waals surface area contributed by atoms with Crippen molar-refractivity contribution >= 4 is 15.9 Å². The highest BCUT2D eigenvalue weighted by Gasteiger charge is 2.19. The van der Waals surface area contributed by atoms with Crippen molar-refractivity contribution in [3.63, 3.8) is 0 Å². The normalized spacial score (nSPS) is 17.9. The van der Waals surface area contributed by atoms with Crippen molar-refractivity contribution in [2.24, 2.45) is 0 Å². The fraction of sp³-hybridized carbons (Fsp3) is 0.375. The van der Waals surface area contributed by atoms with Gasteiger partial charge in [-0.05, 0) is 12.1 Å². The number of nitrogens with zero attached hydrogens (tertiary/aromatic N) is 1. The fourth-order valence-electron chi connectivity index (χ4n) is 1.14. The van der Waals surface area contributed by atoms with E-state index in [2.05, 4.69) is 32.3 Å². The van der Waals surface area contributed by atoms with Crippen LogP contribution in [0.25, 0.3) is 0 Å². The van der Waals surface area contributed by atoms with E-state index in [1.807, 2.05) is 12.3 Å². The predicted octanol–water partition coefficient (Wildman–Crippen LogP) is 1.53. The molecule has 0 aromatic carbocycles. The largest absolute Gasteiger partial charge is 0.315 e. The van der Waals surface area contributed by atoms with Crippen molar-refractivity contribution in [3.05, 3.63) is 28.5 Å². The Labute approximate surface area is 74.2 Å². The molecule has 1 N–H and O–H groups in total. The molecule has 1 aromatic rings. The van der Waals surface area contributed by atoms with Gasteiger partial charge in [-0.2, -0.15) is 0 Å². The van der Waals surface area contributed by atoms with Crippen LogP contribution in [-0.2, 0) is 0 Å². The van der Waals surface area contributed by atoms with Gasteiger partial charge in [-0.15, -0.1) is 0 Å². The summed E-state index contributed by atoms with van der Waals surface area (Å²) < 4.78 is 1.12. The fourth-order valence-corrected chi connectivity index (χ4v) is 1.50. The van der Waals surface area contributed by atoms with Gasteiger partial charge in [0.2, 0.25) is 0 Å². The Morgan fingerprint density at radius 2 is 2.36 bits per heavy atom. The maximum absolute atomic E-state index is 4.29. The van der Waals surface area contributed by atoms with E-state index in [1.165, 1.54) is 5.69 Å². The molecule has 0 atom stereocenters. The van der Waals surface area contributed by atoms with Crippen molar-refractivity contribution in [1.29, 1.82) is 0 Å². The van der Waals surface area contributed by atoms with Crippen molar-refractivity contribution in [2.75, 3.05) is 13.1 Å². The van der Waals surface area contributed by atoms with Crippen molar-refractivity contribution in [3.8, 4) is 0 Å². The van der Waals surface area contributed by atoms with Gasteiger partial charge in [0.05, 0.1) is 0 Å². The molecule has 0 unspecified atom stereocenters. The number of halogens is 1. The third kappa shape index (κ3) is 1.44. The summed E-state index contributed by atoms with van der Waals surface area (Å²) in [5.74, 6) is 0.632. The molecule has 0 aliphatic carbocycles. The van der Waals surface area contributed by atoms with Gasteiger partial charge >= 0.3 is 0 Å². The van der Waals surface area contributed by atoms with Crippen LogP contribution >= 0.6 is 15.9 Å². The average Bonchev–Trinajstić information content (AvgIpc) is 1.83. The minimum Gasteiger partial charge on any atom is -0.315 e.